The number of carbonyl (C=O) groups is 1. The van der Waals surface area contributed by atoms with Crippen LogP contribution in [0.5, 0.6) is 0 Å². The summed E-state index contributed by atoms with van der Waals surface area (Å²) in [6.45, 7) is 1.87. The first-order valence-corrected chi connectivity index (χ1v) is 6.42. The third-order valence-electron chi connectivity index (χ3n) is 2.35. The maximum Gasteiger partial charge on any atom is 0.257 e. The Labute approximate surface area is 118 Å². The first-order chi connectivity index (χ1) is 8.56. The highest BCUT2D eigenvalue weighted by atomic mass is 79.9. The molecular weight excluding hydrogens is 316 g/mol. The van der Waals surface area contributed by atoms with Gasteiger partial charge in [-0.2, -0.15) is 0 Å². The number of amides is 1. The molecule has 0 saturated carbocycles. The molecule has 2 rings (SSSR count). The van der Waals surface area contributed by atoms with Gasteiger partial charge in [0.2, 0.25) is 0 Å². The van der Waals surface area contributed by atoms with Gasteiger partial charge in [-0.15, -0.1) is 0 Å². The molecule has 0 unspecified atom stereocenters. The minimum atomic E-state index is -0.217. The standard InChI is InChI=1S/C13H10BrClN2O/c1-8-2-3-9(7-16-8)13(18)17-12-6-10(15)4-5-11(12)14/h2-7H,1H3,(H,17,18). The fourth-order valence-electron chi connectivity index (χ4n) is 1.39. The summed E-state index contributed by atoms with van der Waals surface area (Å²) in [4.78, 5) is 16.1. The fraction of sp³-hybridized carbons (Fsp3) is 0.0769. The second-order valence-corrected chi connectivity index (χ2v) is 5.06. The number of rotatable bonds is 2. The molecule has 92 valence electrons. The number of benzene rings is 1. The predicted octanol–water partition coefficient (Wildman–Crippen LogP) is 4.06. The smallest absolute Gasteiger partial charge is 0.257 e. The van der Waals surface area contributed by atoms with E-state index in [2.05, 4.69) is 26.2 Å². The first kappa shape index (κ1) is 13.1. The van der Waals surface area contributed by atoms with Crippen molar-refractivity contribution in [2.45, 2.75) is 6.92 Å². The second-order valence-electron chi connectivity index (χ2n) is 3.77. The molecule has 0 saturated heterocycles. The lowest BCUT2D eigenvalue weighted by Crippen LogP contribution is -2.12. The summed E-state index contributed by atoms with van der Waals surface area (Å²) >= 11 is 9.24. The number of aromatic nitrogens is 1. The average Bonchev–Trinajstić information content (AvgIpc) is 2.34. The molecule has 5 heteroatoms. The summed E-state index contributed by atoms with van der Waals surface area (Å²) in [5.74, 6) is -0.217. The third kappa shape index (κ3) is 3.09. The van der Waals surface area contributed by atoms with E-state index in [4.69, 9.17) is 11.6 Å². The Morgan fingerprint density at radius 3 is 2.78 bits per heavy atom. The Kier molecular flexibility index (Phi) is 3.99. The Hall–Kier alpha value is -1.39. The number of hydrogen-bond donors (Lipinski definition) is 1. The number of halogens is 2. The van der Waals surface area contributed by atoms with Crippen LogP contribution in [0, 0.1) is 6.92 Å². The monoisotopic (exact) mass is 324 g/mol. The highest BCUT2D eigenvalue weighted by molar-refractivity contribution is 9.10. The van der Waals surface area contributed by atoms with E-state index < -0.39 is 0 Å². The largest absolute Gasteiger partial charge is 0.321 e. The molecule has 2 aromatic rings. The lowest BCUT2D eigenvalue weighted by molar-refractivity contribution is 0.102. The minimum absolute atomic E-state index is 0.217. The minimum Gasteiger partial charge on any atom is -0.321 e. The number of nitrogens with zero attached hydrogens (tertiary/aromatic N) is 1. The molecule has 1 aromatic heterocycles. The van der Waals surface area contributed by atoms with Gasteiger partial charge in [0.1, 0.15) is 0 Å². The zero-order valence-electron chi connectivity index (χ0n) is 9.58. The van der Waals surface area contributed by atoms with Gasteiger partial charge in [0.05, 0.1) is 11.3 Å². The van der Waals surface area contributed by atoms with Gasteiger partial charge in [0.15, 0.2) is 0 Å². The molecule has 0 aliphatic carbocycles. The summed E-state index contributed by atoms with van der Waals surface area (Å²) in [7, 11) is 0. The molecule has 1 amide bonds. The van der Waals surface area contributed by atoms with Gasteiger partial charge in [-0.1, -0.05) is 11.6 Å². The Morgan fingerprint density at radius 1 is 1.33 bits per heavy atom. The van der Waals surface area contributed by atoms with E-state index in [1.165, 1.54) is 0 Å². The fourth-order valence-corrected chi connectivity index (χ4v) is 1.91. The molecule has 0 radical (unpaired) electrons. The van der Waals surface area contributed by atoms with Gasteiger partial charge in [0, 0.05) is 21.4 Å². The lowest BCUT2D eigenvalue weighted by atomic mass is 10.2. The topological polar surface area (TPSA) is 42.0 Å². The van der Waals surface area contributed by atoms with Crippen molar-refractivity contribution in [3.05, 3.63) is 57.3 Å². The number of pyridine rings is 1. The first-order valence-electron chi connectivity index (χ1n) is 5.25. The van der Waals surface area contributed by atoms with Crippen molar-refractivity contribution in [2.24, 2.45) is 0 Å². The molecule has 0 aliphatic rings. The zero-order valence-corrected chi connectivity index (χ0v) is 11.9. The Bertz CT molecular complexity index is 584. The van der Waals surface area contributed by atoms with E-state index in [0.29, 0.717) is 16.3 Å². The second kappa shape index (κ2) is 5.50. The van der Waals surface area contributed by atoms with Crippen molar-refractivity contribution in [1.29, 1.82) is 0 Å². The molecule has 0 atom stereocenters. The molecule has 3 nitrogen and oxygen atoms in total. The normalized spacial score (nSPS) is 10.2. The van der Waals surface area contributed by atoms with Crippen molar-refractivity contribution in [2.75, 3.05) is 5.32 Å². The molecular formula is C13H10BrClN2O. The number of anilines is 1. The predicted molar refractivity (Wildman–Crippen MR) is 76.1 cm³/mol. The van der Waals surface area contributed by atoms with E-state index >= 15 is 0 Å². The van der Waals surface area contributed by atoms with Gasteiger partial charge in [-0.05, 0) is 53.2 Å². The van der Waals surface area contributed by atoms with Crippen LogP contribution in [0.15, 0.2) is 41.0 Å². The number of carbonyl (C=O) groups excluding carboxylic acids is 1. The SMILES string of the molecule is Cc1ccc(C(=O)Nc2cc(Cl)ccc2Br)cn1. The van der Waals surface area contributed by atoms with Gasteiger partial charge in [-0.3, -0.25) is 9.78 Å². The van der Waals surface area contributed by atoms with Crippen LogP contribution in [0.3, 0.4) is 0 Å². The Balaban J connectivity index is 2.21. The van der Waals surface area contributed by atoms with Crippen molar-refractivity contribution >= 4 is 39.1 Å². The number of hydrogen-bond acceptors (Lipinski definition) is 2. The van der Waals surface area contributed by atoms with Crippen molar-refractivity contribution < 1.29 is 4.79 Å². The molecule has 18 heavy (non-hydrogen) atoms. The van der Waals surface area contributed by atoms with Crippen LogP contribution in [-0.4, -0.2) is 10.9 Å². The van der Waals surface area contributed by atoms with E-state index in [1.807, 2.05) is 6.92 Å². The molecule has 1 aromatic carbocycles. The molecule has 0 bridgehead atoms. The van der Waals surface area contributed by atoms with Crippen LogP contribution >= 0.6 is 27.5 Å². The maximum atomic E-state index is 12.0. The van der Waals surface area contributed by atoms with Crippen LogP contribution in [-0.2, 0) is 0 Å². The van der Waals surface area contributed by atoms with Crippen LogP contribution in [0.25, 0.3) is 0 Å². The van der Waals surface area contributed by atoms with E-state index in [1.54, 1.807) is 36.5 Å². The molecule has 1 heterocycles. The van der Waals surface area contributed by atoms with Crippen molar-refractivity contribution in [3.8, 4) is 0 Å². The maximum absolute atomic E-state index is 12.0. The summed E-state index contributed by atoms with van der Waals surface area (Å²) < 4.78 is 0.778. The van der Waals surface area contributed by atoms with Crippen LogP contribution < -0.4 is 5.32 Å². The zero-order chi connectivity index (χ0) is 13.1. The summed E-state index contributed by atoms with van der Waals surface area (Å²) in [6.07, 6.45) is 1.54. The number of aryl methyl sites for hydroxylation is 1. The highest BCUT2D eigenvalue weighted by Crippen LogP contribution is 2.26. The van der Waals surface area contributed by atoms with E-state index in [-0.39, 0.29) is 5.91 Å². The molecule has 0 fully saturated rings. The Morgan fingerprint density at radius 2 is 2.11 bits per heavy atom. The van der Waals surface area contributed by atoms with Crippen molar-refractivity contribution in [1.82, 2.24) is 4.98 Å². The molecule has 1 N–H and O–H groups in total. The van der Waals surface area contributed by atoms with Gasteiger partial charge in [0.25, 0.3) is 5.91 Å². The van der Waals surface area contributed by atoms with E-state index in [0.717, 1.165) is 10.2 Å². The van der Waals surface area contributed by atoms with Gasteiger partial charge >= 0.3 is 0 Å². The number of nitrogens with one attached hydrogen (secondary N) is 1. The third-order valence-corrected chi connectivity index (χ3v) is 3.28. The lowest BCUT2D eigenvalue weighted by Gasteiger charge is -2.07. The van der Waals surface area contributed by atoms with Crippen LogP contribution in [0.2, 0.25) is 5.02 Å². The quantitative estimate of drug-likeness (QED) is 0.905. The highest BCUT2D eigenvalue weighted by Gasteiger charge is 2.08. The van der Waals surface area contributed by atoms with Crippen molar-refractivity contribution in [3.63, 3.8) is 0 Å². The van der Waals surface area contributed by atoms with Crippen LogP contribution in [0.1, 0.15) is 16.1 Å². The van der Waals surface area contributed by atoms with Gasteiger partial charge in [-0.25, -0.2) is 0 Å². The van der Waals surface area contributed by atoms with Gasteiger partial charge < -0.3 is 5.32 Å². The van der Waals surface area contributed by atoms with E-state index in [9.17, 15) is 4.79 Å². The molecule has 0 spiro atoms. The summed E-state index contributed by atoms with van der Waals surface area (Å²) in [5, 5.41) is 3.34. The van der Waals surface area contributed by atoms with Crippen LogP contribution in [0.4, 0.5) is 5.69 Å². The average molecular weight is 326 g/mol. The molecule has 0 aliphatic heterocycles. The summed E-state index contributed by atoms with van der Waals surface area (Å²) in [6, 6.07) is 8.74. The summed E-state index contributed by atoms with van der Waals surface area (Å²) in [5.41, 5.74) is 2.01.